The number of unbranched alkanes of at least 4 members (excludes halogenated alkanes) is 33. The molecule has 464 valence electrons. The first-order chi connectivity index (χ1) is 40.0. The van der Waals surface area contributed by atoms with Crippen LogP contribution in [0.3, 0.4) is 0 Å². The van der Waals surface area contributed by atoms with Gasteiger partial charge in [0.05, 0.1) is 0 Å². The Labute approximate surface area is 501 Å². The summed E-state index contributed by atoms with van der Waals surface area (Å²) < 4.78 is 16.9. The average Bonchev–Trinajstić information content (AvgIpc) is 3.46. The Balaban J connectivity index is 4.27. The van der Waals surface area contributed by atoms with E-state index in [1.165, 1.54) is 173 Å². The van der Waals surface area contributed by atoms with Gasteiger partial charge in [-0.3, -0.25) is 14.4 Å². The topological polar surface area (TPSA) is 78.9 Å². The molecule has 81 heavy (non-hydrogen) atoms. The minimum Gasteiger partial charge on any atom is -0.462 e. The normalized spacial score (nSPS) is 12.8. The molecule has 0 N–H and O–H groups in total. The van der Waals surface area contributed by atoms with Crippen molar-refractivity contribution in [3.63, 3.8) is 0 Å². The maximum atomic E-state index is 12.9. The first kappa shape index (κ1) is 77.1. The molecule has 1 unspecified atom stereocenters. The first-order valence-corrected chi connectivity index (χ1v) is 34.4. The summed E-state index contributed by atoms with van der Waals surface area (Å²) in [5.74, 6) is -0.925. The van der Waals surface area contributed by atoms with E-state index < -0.39 is 6.10 Å². The van der Waals surface area contributed by atoms with E-state index in [1.807, 2.05) is 0 Å². The van der Waals surface area contributed by atoms with Gasteiger partial charge < -0.3 is 14.2 Å². The Morgan fingerprint density at radius 2 is 0.481 bits per heavy atom. The van der Waals surface area contributed by atoms with E-state index in [0.717, 1.165) is 116 Å². The van der Waals surface area contributed by atoms with Crippen LogP contribution in [0.1, 0.15) is 329 Å². The highest BCUT2D eigenvalue weighted by Crippen LogP contribution is 2.16. The molecule has 0 spiro atoms. The molecule has 0 heterocycles. The molecule has 0 bridgehead atoms. The van der Waals surface area contributed by atoms with E-state index >= 15 is 0 Å². The lowest BCUT2D eigenvalue weighted by Gasteiger charge is -2.18. The van der Waals surface area contributed by atoms with Gasteiger partial charge in [-0.15, -0.1) is 0 Å². The van der Waals surface area contributed by atoms with Crippen LogP contribution in [0.5, 0.6) is 0 Å². The van der Waals surface area contributed by atoms with Crippen molar-refractivity contribution in [3.05, 3.63) is 109 Å². The molecule has 0 fully saturated rings. The molecule has 0 radical (unpaired) electrons. The molecule has 0 rings (SSSR count). The van der Waals surface area contributed by atoms with Crippen LogP contribution in [-0.2, 0) is 28.6 Å². The molecule has 0 aliphatic rings. The molecule has 0 amide bonds. The van der Waals surface area contributed by atoms with Gasteiger partial charge in [0.25, 0.3) is 0 Å². The number of hydrogen-bond donors (Lipinski definition) is 0. The van der Waals surface area contributed by atoms with Gasteiger partial charge >= 0.3 is 17.9 Å². The van der Waals surface area contributed by atoms with Crippen molar-refractivity contribution >= 4 is 17.9 Å². The fourth-order valence-electron chi connectivity index (χ4n) is 9.59. The number of ether oxygens (including phenoxy) is 3. The van der Waals surface area contributed by atoms with E-state index in [0.29, 0.717) is 12.8 Å². The lowest BCUT2D eigenvalue weighted by atomic mass is 10.0. The third kappa shape index (κ3) is 66.8. The van der Waals surface area contributed by atoms with Crippen molar-refractivity contribution in [1.29, 1.82) is 0 Å². The van der Waals surface area contributed by atoms with Crippen molar-refractivity contribution in [2.45, 2.75) is 335 Å². The lowest BCUT2D eigenvalue weighted by Crippen LogP contribution is -2.30. The fraction of sp³-hybridized carbons (Fsp3) is 0.720. The number of carbonyl (C=O) groups excluding carboxylic acids is 3. The van der Waals surface area contributed by atoms with E-state index in [-0.39, 0.29) is 37.5 Å². The summed E-state index contributed by atoms with van der Waals surface area (Å²) in [6.45, 7) is 6.49. The second kappa shape index (κ2) is 68.6. The molecule has 0 aliphatic carbocycles. The van der Waals surface area contributed by atoms with E-state index in [1.54, 1.807) is 0 Å². The second-order valence-electron chi connectivity index (χ2n) is 22.7. The molecule has 0 aromatic heterocycles. The molecule has 0 saturated carbocycles. The summed E-state index contributed by atoms with van der Waals surface area (Å²) in [7, 11) is 0. The zero-order valence-corrected chi connectivity index (χ0v) is 53.3. The van der Waals surface area contributed by atoms with Gasteiger partial charge in [0.2, 0.25) is 0 Å². The Bertz CT molecular complexity index is 1620. The smallest absolute Gasteiger partial charge is 0.306 e. The van der Waals surface area contributed by atoms with Crippen LogP contribution in [0.25, 0.3) is 0 Å². The highest BCUT2D eigenvalue weighted by atomic mass is 16.6. The van der Waals surface area contributed by atoms with Gasteiger partial charge in [-0.1, -0.05) is 291 Å². The van der Waals surface area contributed by atoms with Crippen molar-refractivity contribution < 1.29 is 28.6 Å². The molecule has 6 nitrogen and oxygen atoms in total. The Morgan fingerprint density at radius 1 is 0.259 bits per heavy atom. The molecule has 0 aliphatic heterocycles. The molecule has 1 atom stereocenters. The highest BCUT2D eigenvalue weighted by molar-refractivity contribution is 5.71. The van der Waals surface area contributed by atoms with Crippen molar-refractivity contribution in [2.75, 3.05) is 13.2 Å². The van der Waals surface area contributed by atoms with Crippen LogP contribution in [0.15, 0.2) is 109 Å². The number of esters is 3. The van der Waals surface area contributed by atoms with Crippen LogP contribution in [0.4, 0.5) is 0 Å². The van der Waals surface area contributed by atoms with Crippen LogP contribution < -0.4 is 0 Å². The molecule has 0 aromatic rings. The predicted molar refractivity (Wildman–Crippen MR) is 353 cm³/mol. The van der Waals surface area contributed by atoms with Gasteiger partial charge in [-0.25, -0.2) is 0 Å². The summed E-state index contributed by atoms with van der Waals surface area (Å²) in [5.41, 5.74) is 0. The molecule has 6 heteroatoms. The van der Waals surface area contributed by atoms with Crippen LogP contribution >= 0.6 is 0 Å². The number of allylic oxidation sites excluding steroid dienone is 18. The van der Waals surface area contributed by atoms with Gasteiger partial charge in [-0.2, -0.15) is 0 Å². The number of carbonyl (C=O) groups is 3. The SMILES string of the molecule is CC/C=C\C/C=C\C/C=C\C/C=C\C/C=C\CCCCCC(=O)OC(COC(=O)CCCCCCC/C=C\CCCCCC)COC(=O)CCCCCCCCCCCCCCCCCC/C=C\C/C=C\C/C=C\CCCCCCC. The van der Waals surface area contributed by atoms with Crippen LogP contribution in [0, 0.1) is 0 Å². The molecule has 0 saturated heterocycles. The standard InChI is InChI=1S/C75H128O6/c1-4-7-10-13-16-19-22-25-27-29-31-32-33-34-35-36-37-38-39-40-41-42-44-45-47-50-53-56-59-62-65-68-74(77)80-71-72(70-79-73(76)67-64-61-58-55-52-49-24-21-18-15-12-9-6-3)81-75(78)69-66-63-60-57-54-51-48-46-43-30-28-26-23-20-17-14-11-8-5-2/h8,11,17,20-22,24-26,28-29,31,33-34,43,46,51,54,72H,4-7,9-10,12-16,18-19,23,27,30,32,35-42,44-45,47-50,52-53,55-71H2,1-3H3/b11-8-,20-17-,24-21-,25-22-,28-26-,31-29-,34-33-,46-43-,54-51-. The Kier molecular flexibility index (Phi) is 65.2. The summed E-state index contributed by atoms with van der Waals surface area (Å²) >= 11 is 0. The third-order valence-corrected chi connectivity index (χ3v) is 14.7. The quantitative estimate of drug-likeness (QED) is 0.0261. The fourth-order valence-corrected chi connectivity index (χ4v) is 9.59. The Hall–Kier alpha value is -3.93. The van der Waals surface area contributed by atoms with Crippen molar-refractivity contribution in [3.8, 4) is 0 Å². The lowest BCUT2D eigenvalue weighted by molar-refractivity contribution is -0.167. The highest BCUT2D eigenvalue weighted by Gasteiger charge is 2.19. The first-order valence-electron chi connectivity index (χ1n) is 34.4. The Morgan fingerprint density at radius 3 is 0.790 bits per heavy atom. The number of hydrogen-bond acceptors (Lipinski definition) is 6. The second-order valence-corrected chi connectivity index (χ2v) is 22.7. The largest absolute Gasteiger partial charge is 0.462 e. The van der Waals surface area contributed by atoms with E-state index in [9.17, 15) is 14.4 Å². The number of rotatable bonds is 62. The van der Waals surface area contributed by atoms with Gasteiger partial charge in [0, 0.05) is 19.3 Å². The van der Waals surface area contributed by atoms with Crippen LogP contribution in [-0.4, -0.2) is 37.2 Å². The minimum absolute atomic E-state index is 0.0933. The van der Waals surface area contributed by atoms with E-state index in [4.69, 9.17) is 14.2 Å². The average molecular weight is 1130 g/mol. The van der Waals surface area contributed by atoms with Crippen molar-refractivity contribution in [1.82, 2.24) is 0 Å². The monoisotopic (exact) mass is 1120 g/mol. The summed E-state index contributed by atoms with van der Waals surface area (Å²) in [5, 5.41) is 0. The zero-order valence-electron chi connectivity index (χ0n) is 53.3. The third-order valence-electron chi connectivity index (χ3n) is 14.7. The summed E-state index contributed by atoms with van der Waals surface area (Å²) in [6.07, 6.45) is 94.0. The molecular weight excluding hydrogens is 997 g/mol. The predicted octanol–water partition coefficient (Wildman–Crippen LogP) is 23.8. The van der Waals surface area contributed by atoms with Gasteiger partial charge in [0.15, 0.2) is 6.10 Å². The van der Waals surface area contributed by atoms with Gasteiger partial charge in [0.1, 0.15) is 13.2 Å². The zero-order chi connectivity index (χ0) is 58.5. The summed E-state index contributed by atoms with van der Waals surface area (Å²) in [6, 6.07) is 0. The maximum Gasteiger partial charge on any atom is 0.306 e. The molecular formula is C75H128O6. The maximum absolute atomic E-state index is 12.9. The van der Waals surface area contributed by atoms with Crippen LogP contribution in [0.2, 0.25) is 0 Å². The molecule has 0 aromatic carbocycles. The van der Waals surface area contributed by atoms with Gasteiger partial charge in [-0.05, 0) is 128 Å². The van der Waals surface area contributed by atoms with Crippen molar-refractivity contribution in [2.24, 2.45) is 0 Å². The van der Waals surface area contributed by atoms with E-state index in [2.05, 4.69) is 130 Å². The summed E-state index contributed by atoms with van der Waals surface area (Å²) in [4.78, 5) is 38.3. The minimum atomic E-state index is -0.801.